The van der Waals surface area contributed by atoms with Crippen molar-refractivity contribution in [1.82, 2.24) is 15.1 Å². The van der Waals surface area contributed by atoms with Gasteiger partial charge in [0.1, 0.15) is 11.3 Å². The number of anilines is 1. The van der Waals surface area contributed by atoms with Crippen LogP contribution in [0.2, 0.25) is 0 Å². The molecule has 0 spiro atoms. The molecule has 0 N–H and O–H groups in total. The van der Waals surface area contributed by atoms with Crippen molar-refractivity contribution in [2.45, 2.75) is 31.3 Å². The van der Waals surface area contributed by atoms with E-state index < -0.39 is 0 Å². The Hall–Kier alpha value is -2.15. The van der Waals surface area contributed by atoms with Crippen molar-refractivity contribution < 1.29 is 9.53 Å². The van der Waals surface area contributed by atoms with Gasteiger partial charge in [-0.3, -0.25) is 4.79 Å². The Morgan fingerprint density at radius 1 is 1.25 bits per heavy atom. The highest BCUT2D eigenvalue weighted by Gasteiger charge is 2.45. The number of amides is 1. The number of rotatable bonds is 4. The third-order valence-corrected chi connectivity index (χ3v) is 5.73. The van der Waals surface area contributed by atoms with E-state index in [1.807, 2.05) is 24.3 Å². The SMILES string of the molecule is COc1ccc(CC(=O)N2CC[C@H]3[C@H]2CCN3c2nncs2)cc1. The van der Waals surface area contributed by atoms with Gasteiger partial charge in [-0.15, -0.1) is 10.2 Å². The van der Waals surface area contributed by atoms with Gasteiger partial charge >= 0.3 is 0 Å². The van der Waals surface area contributed by atoms with Gasteiger partial charge in [-0.1, -0.05) is 23.5 Å². The molecule has 1 amide bonds. The summed E-state index contributed by atoms with van der Waals surface area (Å²) < 4.78 is 5.17. The fraction of sp³-hybridized carbons (Fsp3) is 0.471. The van der Waals surface area contributed by atoms with Gasteiger partial charge in [0.05, 0.1) is 25.6 Å². The predicted molar refractivity (Wildman–Crippen MR) is 92.5 cm³/mol. The molecule has 0 unspecified atom stereocenters. The molecule has 0 radical (unpaired) electrons. The number of aromatic nitrogens is 2. The first-order chi connectivity index (χ1) is 11.8. The Morgan fingerprint density at radius 2 is 2.04 bits per heavy atom. The smallest absolute Gasteiger partial charge is 0.227 e. The van der Waals surface area contributed by atoms with Crippen LogP contribution in [-0.4, -0.2) is 53.3 Å². The van der Waals surface area contributed by atoms with Gasteiger partial charge in [0, 0.05) is 13.1 Å². The van der Waals surface area contributed by atoms with Crippen LogP contribution in [0.25, 0.3) is 0 Å². The monoisotopic (exact) mass is 344 g/mol. The third-order valence-electron chi connectivity index (χ3n) is 5.01. The van der Waals surface area contributed by atoms with E-state index in [9.17, 15) is 4.79 Å². The number of methoxy groups -OCH3 is 1. The average molecular weight is 344 g/mol. The number of carbonyl (C=O) groups excluding carboxylic acids is 1. The number of nitrogens with zero attached hydrogens (tertiary/aromatic N) is 4. The Morgan fingerprint density at radius 3 is 2.75 bits per heavy atom. The first-order valence-corrected chi connectivity index (χ1v) is 9.09. The molecule has 1 aromatic carbocycles. The maximum Gasteiger partial charge on any atom is 0.227 e. The standard InChI is InChI=1S/C17H20N4O2S/c1-23-13-4-2-12(3-5-13)10-16(22)20-8-6-15-14(20)7-9-21(15)17-19-18-11-24-17/h2-5,11,14-15H,6-10H2,1H3/t14-,15+/m1/s1. The summed E-state index contributed by atoms with van der Waals surface area (Å²) in [5.41, 5.74) is 2.80. The molecule has 3 heterocycles. The van der Waals surface area contributed by atoms with Crippen molar-refractivity contribution in [2.75, 3.05) is 25.1 Å². The minimum Gasteiger partial charge on any atom is -0.497 e. The normalized spacial score (nSPS) is 22.7. The lowest BCUT2D eigenvalue weighted by molar-refractivity contribution is -0.131. The molecule has 2 aliphatic rings. The number of fused-ring (bicyclic) bond motifs is 1. The molecule has 0 aliphatic carbocycles. The zero-order chi connectivity index (χ0) is 16.5. The van der Waals surface area contributed by atoms with Crippen LogP contribution in [-0.2, 0) is 11.2 Å². The molecular formula is C17H20N4O2S. The van der Waals surface area contributed by atoms with Gasteiger partial charge in [-0.05, 0) is 30.5 Å². The van der Waals surface area contributed by atoms with Crippen LogP contribution in [0.4, 0.5) is 5.13 Å². The molecule has 0 saturated carbocycles. The van der Waals surface area contributed by atoms with Crippen LogP contribution in [0.3, 0.4) is 0 Å². The number of ether oxygens (including phenoxy) is 1. The molecule has 24 heavy (non-hydrogen) atoms. The predicted octanol–water partition coefficient (Wildman–Crippen LogP) is 1.97. The number of carbonyl (C=O) groups is 1. The molecule has 4 rings (SSSR count). The van der Waals surface area contributed by atoms with Crippen molar-refractivity contribution in [2.24, 2.45) is 0 Å². The van der Waals surface area contributed by atoms with Crippen LogP contribution >= 0.6 is 11.3 Å². The van der Waals surface area contributed by atoms with Gasteiger partial charge in [-0.2, -0.15) is 0 Å². The lowest BCUT2D eigenvalue weighted by Gasteiger charge is -2.25. The molecule has 2 aliphatic heterocycles. The number of hydrogen-bond acceptors (Lipinski definition) is 6. The van der Waals surface area contributed by atoms with E-state index in [2.05, 4.69) is 20.0 Å². The number of likely N-dealkylation sites (tertiary alicyclic amines) is 1. The second kappa shape index (κ2) is 6.39. The van der Waals surface area contributed by atoms with Gasteiger partial charge < -0.3 is 14.5 Å². The number of hydrogen-bond donors (Lipinski definition) is 0. The zero-order valence-electron chi connectivity index (χ0n) is 13.6. The third kappa shape index (κ3) is 2.73. The first kappa shape index (κ1) is 15.4. The Kier molecular flexibility index (Phi) is 4.10. The summed E-state index contributed by atoms with van der Waals surface area (Å²) in [7, 11) is 1.65. The van der Waals surface area contributed by atoms with Gasteiger partial charge in [0.2, 0.25) is 11.0 Å². The minimum absolute atomic E-state index is 0.215. The Bertz CT molecular complexity index is 704. The van der Waals surface area contributed by atoms with Crippen molar-refractivity contribution in [3.63, 3.8) is 0 Å². The summed E-state index contributed by atoms with van der Waals surface area (Å²) in [4.78, 5) is 17.1. The fourth-order valence-corrected chi connectivity index (χ4v) is 4.49. The minimum atomic E-state index is 0.215. The summed E-state index contributed by atoms with van der Waals surface area (Å²) in [6.45, 7) is 1.79. The Labute approximate surface area is 145 Å². The summed E-state index contributed by atoms with van der Waals surface area (Å²) in [5.74, 6) is 1.03. The molecule has 1 aromatic heterocycles. The van der Waals surface area contributed by atoms with Crippen molar-refractivity contribution >= 4 is 22.4 Å². The van der Waals surface area contributed by atoms with Gasteiger partial charge in [0.15, 0.2) is 0 Å². The summed E-state index contributed by atoms with van der Waals surface area (Å²) in [6.07, 6.45) is 2.48. The van der Waals surface area contributed by atoms with Crippen molar-refractivity contribution in [3.05, 3.63) is 35.3 Å². The molecule has 2 aromatic rings. The van der Waals surface area contributed by atoms with Gasteiger partial charge in [-0.25, -0.2) is 0 Å². The topological polar surface area (TPSA) is 58.6 Å². The lowest BCUT2D eigenvalue weighted by Crippen LogP contribution is -2.40. The van der Waals surface area contributed by atoms with Crippen LogP contribution in [0.1, 0.15) is 18.4 Å². The summed E-state index contributed by atoms with van der Waals surface area (Å²) in [6, 6.07) is 8.43. The quantitative estimate of drug-likeness (QED) is 0.849. The van der Waals surface area contributed by atoms with E-state index in [-0.39, 0.29) is 5.91 Å². The van der Waals surface area contributed by atoms with E-state index in [4.69, 9.17) is 4.74 Å². The zero-order valence-corrected chi connectivity index (χ0v) is 14.4. The van der Waals surface area contributed by atoms with E-state index in [0.29, 0.717) is 18.5 Å². The summed E-state index contributed by atoms with van der Waals surface area (Å²) >= 11 is 1.57. The molecule has 126 valence electrons. The largest absolute Gasteiger partial charge is 0.497 e. The van der Waals surface area contributed by atoms with Crippen LogP contribution in [0.5, 0.6) is 5.75 Å². The lowest BCUT2D eigenvalue weighted by atomic mass is 10.1. The first-order valence-electron chi connectivity index (χ1n) is 8.21. The Balaban J connectivity index is 1.43. The highest BCUT2D eigenvalue weighted by molar-refractivity contribution is 7.13. The van der Waals surface area contributed by atoms with E-state index >= 15 is 0 Å². The van der Waals surface area contributed by atoms with E-state index in [1.54, 1.807) is 24.0 Å². The molecular weight excluding hydrogens is 324 g/mol. The summed E-state index contributed by atoms with van der Waals surface area (Å²) in [5, 5.41) is 9.11. The maximum absolute atomic E-state index is 12.8. The van der Waals surface area contributed by atoms with Crippen molar-refractivity contribution in [1.29, 1.82) is 0 Å². The molecule has 2 saturated heterocycles. The second-order valence-electron chi connectivity index (χ2n) is 6.24. The molecule has 2 fully saturated rings. The second-order valence-corrected chi connectivity index (χ2v) is 7.05. The van der Waals surface area contributed by atoms with Crippen LogP contribution in [0.15, 0.2) is 29.8 Å². The van der Waals surface area contributed by atoms with E-state index in [0.717, 1.165) is 42.4 Å². The van der Waals surface area contributed by atoms with Crippen LogP contribution in [0, 0.1) is 0 Å². The van der Waals surface area contributed by atoms with Gasteiger partial charge in [0.25, 0.3) is 0 Å². The highest BCUT2D eigenvalue weighted by atomic mass is 32.1. The number of benzene rings is 1. The molecule has 2 atom stereocenters. The molecule has 0 bridgehead atoms. The highest BCUT2D eigenvalue weighted by Crippen LogP contribution is 2.35. The molecule has 6 nitrogen and oxygen atoms in total. The van der Waals surface area contributed by atoms with E-state index in [1.165, 1.54) is 0 Å². The van der Waals surface area contributed by atoms with Crippen molar-refractivity contribution in [3.8, 4) is 5.75 Å². The fourth-order valence-electron chi connectivity index (χ4n) is 3.85. The maximum atomic E-state index is 12.8. The van der Waals surface area contributed by atoms with Crippen LogP contribution < -0.4 is 9.64 Å². The average Bonchev–Trinajstić information content (AvgIpc) is 3.32. The molecule has 7 heteroatoms.